The van der Waals surface area contributed by atoms with Crippen molar-refractivity contribution >= 4 is 11.6 Å². The van der Waals surface area contributed by atoms with Crippen molar-refractivity contribution in [2.75, 3.05) is 26.2 Å². The summed E-state index contributed by atoms with van der Waals surface area (Å²) in [6, 6.07) is 5.81. The maximum Gasteiger partial charge on any atom is 0.122 e. The molecular formula is C18H26ClNO. The van der Waals surface area contributed by atoms with Gasteiger partial charge in [-0.05, 0) is 61.9 Å². The van der Waals surface area contributed by atoms with Crippen molar-refractivity contribution in [1.29, 1.82) is 0 Å². The van der Waals surface area contributed by atoms with Crippen LogP contribution in [0.5, 0.6) is 5.75 Å². The highest BCUT2D eigenvalue weighted by molar-refractivity contribution is 6.30. The van der Waals surface area contributed by atoms with Crippen LogP contribution in [0, 0.1) is 5.92 Å². The fourth-order valence-electron chi connectivity index (χ4n) is 2.96. The van der Waals surface area contributed by atoms with Gasteiger partial charge in [0.2, 0.25) is 0 Å². The van der Waals surface area contributed by atoms with Crippen molar-refractivity contribution in [2.45, 2.75) is 32.6 Å². The van der Waals surface area contributed by atoms with E-state index < -0.39 is 0 Å². The van der Waals surface area contributed by atoms with Crippen LogP contribution in [0.2, 0.25) is 5.02 Å². The molecule has 0 aliphatic carbocycles. The molecular weight excluding hydrogens is 282 g/mol. The topological polar surface area (TPSA) is 12.5 Å². The van der Waals surface area contributed by atoms with Gasteiger partial charge >= 0.3 is 0 Å². The number of allylic oxidation sites excluding steroid dienone is 1. The summed E-state index contributed by atoms with van der Waals surface area (Å²) in [7, 11) is 0. The van der Waals surface area contributed by atoms with E-state index in [-0.39, 0.29) is 0 Å². The molecule has 1 saturated heterocycles. The largest absolute Gasteiger partial charge is 0.493 e. The molecule has 0 unspecified atom stereocenters. The Balaban J connectivity index is 1.76. The van der Waals surface area contributed by atoms with Crippen molar-refractivity contribution in [3.05, 3.63) is 41.4 Å². The van der Waals surface area contributed by atoms with Crippen LogP contribution in [-0.2, 0) is 6.42 Å². The Bertz CT molecular complexity index is 461. The fourth-order valence-corrected chi connectivity index (χ4v) is 3.16. The molecule has 0 bridgehead atoms. The van der Waals surface area contributed by atoms with Gasteiger partial charge in [0.1, 0.15) is 5.75 Å². The van der Waals surface area contributed by atoms with Crippen LogP contribution < -0.4 is 4.74 Å². The number of ether oxygens (including phenoxy) is 1. The molecule has 0 aromatic heterocycles. The van der Waals surface area contributed by atoms with Crippen molar-refractivity contribution < 1.29 is 4.74 Å². The molecule has 1 aromatic carbocycles. The Morgan fingerprint density at radius 2 is 2.33 bits per heavy atom. The van der Waals surface area contributed by atoms with Crippen molar-refractivity contribution in [1.82, 2.24) is 4.90 Å². The second-order valence-electron chi connectivity index (χ2n) is 5.99. The van der Waals surface area contributed by atoms with E-state index in [0.29, 0.717) is 0 Å². The molecule has 116 valence electrons. The molecule has 0 saturated carbocycles. The first-order valence-electron chi connectivity index (χ1n) is 7.93. The Kier molecular flexibility index (Phi) is 6.59. The van der Waals surface area contributed by atoms with Crippen LogP contribution in [0.3, 0.4) is 0 Å². The Labute approximate surface area is 133 Å². The van der Waals surface area contributed by atoms with E-state index in [9.17, 15) is 0 Å². The molecule has 0 radical (unpaired) electrons. The van der Waals surface area contributed by atoms with E-state index >= 15 is 0 Å². The normalized spacial score (nSPS) is 19.4. The third kappa shape index (κ3) is 5.37. The summed E-state index contributed by atoms with van der Waals surface area (Å²) in [4.78, 5) is 2.56. The first kappa shape index (κ1) is 16.4. The quantitative estimate of drug-likeness (QED) is 0.540. The van der Waals surface area contributed by atoms with E-state index in [0.717, 1.165) is 48.2 Å². The number of hydrogen-bond acceptors (Lipinski definition) is 2. The van der Waals surface area contributed by atoms with Gasteiger partial charge in [-0.3, -0.25) is 0 Å². The summed E-state index contributed by atoms with van der Waals surface area (Å²) in [5, 5.41) is 0.751. The minimum absolute atomic E-state index is 0.751. The summed E-state index contributed by atoms with van der Waals surface area (Å²) in [6.07, 6.45) is 6.46. The van der Waals surface area contributed by atoms with E-state index in [1.54, 1.807) is 0 Å². The number of piperidine rings is 1. The fraction of sp³-hybridized carbons (Fsp3) is 0.556. The minimum Gasteiger partial charge on any atom is -0.493 e. The number of nitrogens with zero attached hydrogens (tertiary/aromatic N) is 1. The SMILES string of the molecule is C=CCc1cc(Cl)ccc1OCCCN1CCC[C@H](C)C1. The van der Waals surface area contributed by atoms with Crippen LogP contribution >= 0.6 is 11.6 Å². The van der Waals surface area contributed by atoms with Gasteiger partial charge in [-0.15, -0.1) is 6.58 Å². The van der Waals surface area contributed by atoms with Gasteiger partial charge in [-0.2, -0.15) is 0 Å². The first-order valence-corrected chi connectivity index (χ1v) is 8.31. The Morgan fingerprint density at radius 3 is 3.10 bits per heavy atom. The van der Waals surface area contributed by atoms with Gasteiger partial charge < -0.3 is 9.64 Å². The second kappa shape index (κ2) is 8.45. The number of hydrogen-bond donors (Lipinski definition) is 0. The number of likely N-dealkylation sites (tertiary alicyclic amines) is 1. The number of rotatable bonds is 7. The maximum atomic E-state index is 6.03. The maximum absolute atomic E-state index is 6.03. The second-order valence-corrected chi connectivity index (χ2v) is 6.43. The highest BCUT2D eigenvalue weighted by atomic mass is 35.5. The Hall–Kier alpha value is -0.990. The van der Waals surface area contributed by atoms with Crippen molar-refractivity contribution in [3.63, 3.8) is 0 Å². The molecule has 0 amide bonds. The zero-order chi connectivity index (χ0) is 15.1. The summed E-state index contributed by atoms with van der Waals surface area (Å²) in [5.74, 6) is 1.78. The standard InChI is InChI=1S/C18H26ClNO/c1-3-6-16-13-17(19)8-9-18(16)21-12-5-11-20-10-4-7-15(2)14-20/h3,8-9,13,15H,1,4-7,10-12,14H2,2H3/t15-/m0/s1. The van der Waals surface area contributed by atoms with Crippen LogP contribution in [0.25, 0.3) is 0 Å². The molecule has 2 rings (SSSR count). The lowest BCUT2D eigenvalue weighted by Gasteiger charge is -2.30. The predicted molar refractivity (Wildman–Crippen MR) is 90.3 cm³/mol. The van der Waals surface area contributed by atoms with Crippen molar-refractivity contribution in [2.24, 2.45) is 5.92 Å². The molecule has 0 spiro atoms. The summed E-state index contributed by atoms with van der Waals surface area (Å²) < 4.78 is 5.93. The minimum atomic E-state index is 0.751. The lowest BCUT2D eigenvalue weighted by Crippen LogP contribution is -2.35. The van der Waals surface area contributed by atoms with Gasteiger partial charge in [0.05, 0.1) is 6.61 Å². The highest BCUT2D eigenvalue weighted by Gasteiger charge is 2.15. The summed E-state index contributed by atoms with van der Waals surface area (Å²) >= 11 is 6.03. The van der Waals surface area contributed by atoms with Gasteiger partial charge in [-0.25, -0.2) is 0 Å². The molecule has 2 nitrogen and oxygen atoms in total. The third-order valence-corrected chi connectivity index (χ3v) is 4.24. The molecule has 0 N–H and O–H groups in total. The van der Waals surface area contributed by atoms with E-state index in [1.165, 1.54) is 25.9 Å². The number of benzene rings is 1. The number of halogens is 1. The lowest BCUT2D eigenvalue weighted by atomic mass is 10.0. The monoisotopic (exact) mass is 307 g/mol. The van der Waals surface area contributed by atoms with Crippen molar-refractivity contribution in [3.8, 4) is 5.75 Å². The average Bonchev–Trinajstić information content (AvgIpc) is 2.46. The van der Waals surface area contributed by atoms with E-state index in [1.807, 2.05) is 24.3 Å². The smallest absolute Gasteiger partial charge is 0.122 e. The third-order valence-electron chi connectivity index (χ3n) is 4.00. The molecule has 1 aliphatic heterocycles. The van der Waals surface area contributed by atoms with Gasteiger partial charge in [0.15, 0.2) is 0 Å². The first-order chi connectivity index (χ1) is 10.2. The Morgan fingerprint density at radius 1 is 1.48 bits per heavy atom. The van der Waals surface area contributed by atoms with Crippen LogP contribution in [0.1, 0.15) is 31.7 Å². The molecule has 1 atom stereocenters. The molecule has 1 aliphatic rings. The highest BCUT2D eigenvalue weighted by Crippen LogP contribution is 2.24. The molecule has 1 fully saturated rings. The summed E-state index contributed by atoms with van der Waals surface area (Å²) in [6.45, 7) is 10.5. The predicted octanol–water partition coefficient (Wildman–Crippen LogP) is 4.57. The van der Waals surface area contributed by atoms with Crippen LogP contribution in [0.4, 0.5) is 0 Å². The zero-order valence-electron chi connectivity index (χ0n) is 13.0. The van der Waals surface area contributed by atoms with Gasteiger partial charge in [0.25, 0.3) is 0 Å². The molecule has 1 heterocycles. The lowest BCUT2D eigenvalue weighted by molar-refractivity contribution is 0.170. The molecule has 3 heteroatoms. The van der Waals surface area contributed by atoms with Gasteiger partial charge in [-0.1, -0.05) is 24.6 Å². The van der Waals surface area contributed by atoms with E-state index in [4.69, 9.17) is 16.3 Å². The van der Waals surface area contributed by atoms with Gasteiger partial charge in [0, 0.05) is 18.1 Å². The molecule has 21 heavy (non-hydrogen) atoms. The van der Waals surface area contributed by atoms with E-state index in [2.05, 4.69) is 18.4 Å². The van der Waals surface area contributed by atoms with Crippen LogP contribution in [-0.4, -0.2) is 31.1 Å². The van der Waals surface area contributed by atoms with Crippen LogP contribution in [0.15, 0.2) is 30.9 Å². The average molecular weight is 308 g/mol. The zero-order valence-corrected chi connectivity index (χ0v) is 13.7. The molecule has 1 aromatic rings. The summed E-state index contributed by atoms with van der Waals surface area (Å²) in [5.41, 5.74) is 1.11.